The van der Waals surface area contributed by atoms with E-state index in [1.54, 1.807) is 31.1 Å². The van der Waals surface area contributed by atoms with Crippen LogP contribution in [0.1, 0.15) is 18.1 Å². The molecule has 154 valence electrons. The van der Waals surface area contributed by atoms with Crippen molar-refractivity contribution in [1.82, 2.24) is 4.98 Å². The summed E-state index contributed by atoms with van der Waals surface area (Å²) in [7, 11) is 1.58. The number of benzene rings is 2. The maximum absolute atomic E-state index is 12.3. The molecular formula is C24H24N2O3S. The molecule has 0 aliphatic carbocycles. The molecule has 3 aromatic rings. The van der Waals surface area contributed by atoms with Crippen LogP contribution in [0.25, 0.3) is 6.08 Å². The summed E-state index contributed by atoms with van der Waals surface area (Å²) in [6.45, 7) is 1.85. The largest absolute Gasteiger partial charge is 0.493 e. The third-order valence-electron chi connectivity index (χ3n) is 4.14. The number of hydrogen-bond donors (Lipinski definition) is 1. The average molecular weight is 421 g/mol. The molecule has 0 aliphatic heterocycles. The van der Waals surface area contributed by atoms with E-state index in [1.807, 2.05) is 73.7 Å². The maximum Gasteiger partial charge on any atom is 0.262 e. The minimum atomic E-state index is -0.232. The summed E-state index contributed by atoms with van der Waals surface area (Å²) in [6, 6.07) is 19.2. The first kappa shape index (κ1) is 21.5. The fraction of sp³-hybridized carbons (Fsp3) is 0.167. The lowest BCUT2D eigenvalue weighted by molar-refractivity contribution is -0.118. The van der Waals surface area contributed by atoms with E-state index in [0.29, 0.717) is 11.5 Å². The zero-order valence-electron chi connectivity index (χ0n) is 17.0. The highest BCUT2D eigenvalue weighted by atomic mass is 32.2. The Hall–Kier alpha value is -3.25. The number of allylic oxidation sites excluding steroid dienone is 1. The van der Waals surface area contributed by atoms with Crippen LogP contribution < -0.4 is 14.8 Å². The molecule has 1 heterocycles. The first-order chi connectivity index (χ1) is 14.7. The summed E-state index contributed by atoms with van der Waals surface area (Å²) in [5.74, 6) is 1.66. The molecular weight excluding hydrogens is 396 g/mol. The molecule has 2 aromatic carbocycles. The van der Waals surface area contributed by atoms with E-state index in [0.717, 1.165) is 27.6 Å². The van der Waals surface area contributed by atoms with Gasteiger partial charge >= 0.3 is 0 Å². The molecule has 0 unspecified atom stereocenters. The van der Waals surface area contributed by atoms with Crippen LogP contribution in [0.3, 0.4) is 0 Å². The van der Waals surface area contributed by atoms with Crippen molar-refractivity contribution < 1.29 is 14.3 Å². The molecule has 0 radical (unpaired) electrons. The van der Waals surface area contributed by atoms with Crippen molar-refractivity contribution in [3.05, 3.63) is 84.1 Å². The van der Waals surface area contributed by atoms with E-state index in [9.17, 15) is 4.79 Å². The summed E-state index contributed by atoms with van der Waals surface area (Å²) in [5, 5.41) is 3.85. The molecule has 0 saturated carbocycles. The van der Waals surface area contributed by atoms with E-state index in [4.69, 9.17) is 9.47 Å². The number of thioether (sulfide) groups is 1. The fourth-order valence-corrected chi connectivity index (χ4v) is 3.57. The third kappa shape index (κ3) is 6.39. The summed E-state index contributed by atoms with van der Waals surface area (Å²) in [4.78, 5) is 16.7. The molecule has 0 atom stereocenters. The van der Waals surface area contributed by atoms with E-state index < -0.39 is 0 Å². The number of pyridine rings is 1. The maximum atomic E-state index is 12.3. The standard InChI is InChI=1S/C24H24N2O3S/c1-3-7-18-11-12-21(22(15-18)28-2)29-16-23(27)26-20-9-6-8-19(14-20)17-30-24-10-4-5-13-25-24/h3-15H,16-17H2,1-2H3,(H,26,27)/b7-3+. The molecule has 0 fully saturated rings. The van der Waals surface area contributed by atoms with Crippen LogP contribution in [0.4, 0.5) is 5.69 Å². The second-order valence-corrected chi connectivity index (χ2v) is 7.40. The number of ether oxygens (including phenoxy) is 2. The number of methoxy groups -OCH3 is 1. The zero-order valence-corrected chi connectivity index (χ0v) is 17.8. The van der Waals surface area contributed by atoms with Gasteiger partial charge in [-0.3, -0.25) is 4.79 Å². The van der Waals surface area contributed by atoms with Crippen LogP contribution in [0.2, 0.25) is 0 Å². The highest BCUT2D eigenvalue weighted by Crippen LogP contribution is 2.28. The van der Waals surface area contributed by atoms with Gasteiger partial charge in [-0.25, -0.2) is 4.98 Å². The van der Waals surface area contributed by atoms with Crippen LogP contribution in [0, 0.1) is 0 Å². The number of amides is 1. The Bertz CT molecular complexity index is 1010. The molecule has 0 aliphatic rings. The molecule has 0 bridgehead atoms. The van der Waals surface area contributed by atoms with Crippen LogP contribution in [-0.4, -0.2) is 24.6 Å². The SMILES string of the molecule is C/C=C/c1ccc(OCC(=O)Nc2cccc(CSc3ccccn3)c2)c(OC)c1. The van der Waals surface area contributed by atoms with E-state index in [1.165, 1.54) is 0 Å². The minimum Gasteiger partial charge on any atom is -0.493 e. The zero-order chi connectivity index (χ0) is 21.2. The average Bonchev–Trinajstić information content (AvgIpc) is 2.78. The Morgan fingerprint density at radius 3 is 2.77 bits per heavy atom. The van der Waals surface area contributed by atoms with Crippen LogP contribution >= 0.6 is 11.8 Å². The van der Waals surface area contributed by atoms with Gasteiger partial charge in [-0.1, -0.05) is 36.4 Å². The molecule has 1 aromatic heterocycles. The Morgan fingerprint density at radius 1 is 1.10 bits per heavy atom. The number of rotatable bonds is 9. The van der Waals surface area contributed by atoms with Gasteiger partial charge in [-0.15, -0.1) is 11.8 Å². The molecule has 30 heavy (non-hydrogen) atoms. The predicted molar refractivity (Wildman–Crippen MR) is 122 cm³/mol. The van der Waals surface area contributed by atoms with Gasteiger partial charge in [0.2, 0.25) is 0 Å². The van der Waals surface area contributed by atoms with Crippen molar-refractivity contribution in [3.63, 3.8) is 0 Å². The molecule has 1 amide bonds. The van der Waals surface area contributed by atoms with Gasteiger partial charge in [-0.05, 0) is 54.4 Å². The van der Waals surface area contributed by atoms with Gasteiger partial charge in [0.1, 0.15) is 0 Å². The summed E-state index contributed by atoms with van der Waals surface area (Å²) >= 11 is 1.65. The molecule has 1 N–H and O–H groups in total. The number of anilines is 1. The van der Waals surface area contributed by atoms with Crippen molar-refractivity contribution in [1.29, 1.82) is 0 Å². The molecule has 0 spiro atoms. The van der Waals surface area contributed by atoms with Gasteiger partial charge in [0.15, 0.2) is 18.1 Å². The van der Waals surface area contributed by atoms with Crippen molar-refractivity contribution in [2.75, 3.05) is 19.0 Å². The minimum absolute atomic E-state index is 0.105. The van der Waals surface area contributed by atoms with Crippen molar-refractivity contribution >= 4 is 29.4 Å². The van der Waals surface area contributed by atoms with Gasteiger partial charge in [0.05, 0.1) is 12.1 Å². The monoisotopic (exact) mass is 420 g/mol. The van der Waals surface area contributed by atoms with Gasteiger partial charge in [-0.2, -0.15) is 0 Å². The third-order valence-corrected chi connectivity index (χ3v) is 5.16. The smallest absolute Gasteiger partial charge is 0.262 e. The number of nitrogens with one attached hydrogen (secondary N) is 1. The Morgan fingerprint density at radius 2 is 2.00 bits per heavy atom. The van der Waals surface area contributed by atoms with Crippen molar-refractivity contribution in [2.45, 2.75) is 17.7 Å². The second-order valence-electron chi connectivity index (χ2n) is 6.40. The highest BCUT2D eigenvalue weighted by molar-refractivity contribution is 7.98. The van der Waals surface area contributed by atoms with Crippen molar-refractivity contribution in [2.24, 2.45) is 0 Å². The number of aromatic nitrogens is 1. The van der Waals surface area contributed by atoms with Crippen LogP contribution in [0.5, 0.6) is 11.5 Å². The van der Waals surface area contributed by atoms with Gasteiger partial charge < -0.3 is 14.8 Å². The number of hydrogen-bond acceptors (Lipinski definition) is 5. The summed E-state index contributed by atoms with van der Waals surface area (Å²) in [5.41, 5.74) is 2.84. The van der Waals surface area contributed by atoms with Gasteiger partial charge in [0, 0.05) is 17.6 Å². The Labute approximate surface area is 181 Å². The first-order valence-corrected chi connectivity index (χ1v) is 10.5. The van der Waals surface area contributed by atoms with Gasteiger partial charge in [0.25, 0.3) is 5.91 Å². The Kier molecular flexibility index (Phi) is 7.92. The van der Waals surface area contributed by atoms with E-state index in [2.05, 4.69) is 10.3 Å². The summed E-state index contributed by atoms with van der Waals surface area (Å²) in [6.07, 6.45) is 5.70. The highest BCUT2D eigenvalue weighted by Gasteiger charge is 2.09. The quantitative estimate of drug-likeness (QED) is 0.468. The number of carbonyl (C=O) groups is 1. The molecule has 5 nitrogen and oxygen atoms in total. The summed E-state index contributed by atoms with van der Waals surface area (Å²) < 4.78 is 11.0. The van der Waals surface area contributed by atoms with Crippen LogP contribution in [-0.2, 0) is 10.5 Å². The van der Waals surface area contributed by atoms with E-state index >= 15 is 0 Å². The lowest BCUT2D eigenvalue weighted by atomic mass is 10.2. The number of nitrogens with zero attached hydrogens (tertiary/aromatic N) is 1. The van der Waals surface area contributed by atoms with Crippen LogP contribution in [0.15, 0.2) is 78.0 Å². The lowest BCUT2D eigenvalue weighted by Gasteiger charge is -2.12. The fourth-order valence-electron chi connectivity index (χ4n) is 2.77. The van der Waals surface area contributed by atoms with E-state index in [-0.39, 0.29) is 12.5 Å². The lowest BCUT2D eigenvalue weighted by Crippen LogP contribution is -2.20. The molecule has 3 rings (SSSR count). The van der Waals surface area contributed by atoms with Crippen molar-refractivity contribution in [3.8, 4) is 11.5 Å². The Balaban J connectivity index is 1.55. The predicted octanol–water partition coefficient (Wildman–Crippen LogP) is 5.43. The second kappa shape index (κ2) is 11.1. The topological polar surface area (TPSA) is 60.5 Å². The normalized spacial score (nSPS) is 10.7. The molecule has 0 saturated heterocycles. The molecule has 6 heteroatoms. The number of carbonyl (C=O) groups excluding carboxylic acids is 1. The first-order valence-electron chi connectivity index (χ1n) is 9.54.